The van der Waals surface area contributed by atoms with E-state index in [0.29, 0.717) is 0 Å². The molecule has 4 nitrogen and oxygen atoms in total. The molecule has 0 aliphatic heterocycles. The Bertz CT molecular complexity index is 2490. The molecule has 0 amide bonds. The van der Waals surface area contributed by atoms with Gasteiger partial charge in [-0.3, -0.25) is 4.98 Å². The van der Waals surface area contributed by atoms with Crippen LogP contribution in [-0.4, -0.2) is 19.6 Å². The van der Waals surface area contributed by atoms with Crippen molar-refractivity contribution in [2.45, 2.75) is 85.5 Å². The first-order valence-corrected chi connectivity index (χ1v) is 18.3. The zero-order valence-electron chi connectivity index (χ0n) is 32.8. The Morgan fingerprint density at radius 1 is 0.604 bits per heavy atom. The SMILES string of the molecule is Cc1ccc(-c2[c-]c(-c3cc(-c4ccc(C(C)(C)C)cc4)cc4c3nc(-c3cc(C(C)(C)C)ccc3O)n4C)cc(C(C)(C)C)c2)c2ncccc12.[Pt]. The van der Waals surface area contributed by atoms with Crippen molar-refractivity contribution in [2.75, 3.05) is 0 Å². The van der Waals surface area contributed by atoms with Crippen LogP contribution in [0.1, 0.15) is 84.6 Å². The van der Waals surface area contributed by atoms with Gasteiger partial charge < -0.3 is 9.67 Å². The summed E-state index contributed by atoms with van der Waals surface area (Å²) in [5, 5.41) is 12.4. The largest absolute Gasteiger partial charge is 0.507 e. The van der Waals surface area contributed by atoms with Gasteiger partial charge in [0.25, 0.3) is 0 Å². The number of hydrogen-bond donors (Lipinski definition) is 1. The van der Waals surface area contributed by atoms with Crippen molar-refractivity contribution in [2.24, 2.45) is 7.05 Å². The molecule has 0 fully saturated rings. The molecular weight excluding hydrogens is 830 g/mol. The van der Waals surface area contributed by atoms with Gasteiger partial charge in [0, 0.05) is 39.8 Å². The quantitative estimate of drug-likeness (QED) is 0.179. The molecule has 274 valence electrons. The summed E-state index contributed by atoms with van der Waals surface area (Å²) in [4.78, 5) is 10.2. The number of imidazole rings is 1. The van der Waals surface area contributed by atoms with E-state index in [0.717, 1.165) is 72.3 Å². The molecule has 53 heavy (non-hydrogen) atoms. The second kappa shape index (κ2) is 13.7. The Labute approximate surface area is 329 Å². The molecule has 0 saturated carbocycles. The minimum Gasteiger partial charge on any atom is -0.507 e. The molecule has 0 saturated heterocycles. The van der Waals surface area contributed by atoms with Gasteiger partial charge in [0.15, 0.2) is 0 Å². The summed E-state index contributed by atoms with van der Waals surface area (Å²) in [6, 6.07) is 36.3. The zero-order chi connectivity index (χ0) is 37.3. The number of aryl methyl sites for hydroxylation is 2. The fraction of sp³-hybridized carbons (Fsp3) is 0.292. The van der Waals surface area contributed by atoms with Crippen LogP contribution in [0.5, 0.6) is 5.75 Å². The van der Waals surface area contributed by atoms with E-state index < -0.39 is 0 Å². The number of hydrogen-bond acceptors (Lipinski definition) is 3. The third-order valence-corrected chi connectivity index (χ3v) is 10.5. The number of phenolic OH excluding ortho intramolecular Hbond substituents is 1. The summed E-state index contributed by atoms with van der Waals surface area (Å²) in [5.74, 6) is 0.939. The number of aromatic hydroxyl groups is 1. The first-order valence-electron chi connectivity index (χ1n) is 18.3. The molecule has 0 bridgehead atoms. The summed E-state index contributed by atoms with van der Waals surface area (Å²) in [5.41, 5.74) is 14.5. The number of aromatic nitrogens is 3. The maximum Gasteiger partial charge on any atom is 0.143 e. The molecule has 0 aliphatic rings. The van der Waals surface area contributed by atoms with Crippen molar-refractivity contribution in [3.8, 4) is 50.5 Å². The monoisotopic (exact) mass is 879 g/mol. The standard InChI is InChI=1S/C48H50N3O.Pt/c1-29-14-20-38(43-37(29)13-12-22-49-43)32-23-33(25-36(24-32)48(8,9)10)39-26-31(30-15-17-34(18-16-30)46(2,3)4)27-41-44(39)50-45(51(41)11)40-28-35(47(5,6)7)19-21-42(40)52;/h12-22,24-28,52H,1-11H3;/q-1;. The smallest absolute Gasteiger partial charge is 0.143 e. The number of phenols is 1. The summed E-state index contributed by atoms with van der Waals surface area (Å²) in [7, 11) is 2.05. The van der Waals surface area contributed by atoms with Crippen LogP contribution in [0, 0.1) is 13.0 Å². The minimum absolute atomic E-state index is 0. The van der Waals surface area contributed by atoms with E-state index in [4.69, 9.17) is 9.97 Å². The van der Waals surface area contributed by atoms with Crippen molar-refractivity contribution < 1.29 is 26.2 Å². The van der Waals surface area contributed by atoms with Crippen LogP contribution in [0.25, 0.3) is 66.7 Å². The molecule has 2 aromatic heterocycles. The van der Waals surface area contributed by atoms with Crippen LogP contribution < -0.4 is 0 Å². The maximum atomic E-state index is 11.2. The van der Waals surface area contributed by atoms with E-state index in [1.807, 2.05) is 18.3 Å². The first kappa shape index (κ1) is 38.2. The van der Waals surface area contributed by atoms with Crippen LogP contribution in [0.3, 0.4) is 0 Å². The molecule has 2 heterocycles. The number of nitrogens with zero attached hydrogens (tertiary/aromatic N) is 3. The second-order valence-corrected chi connectivity index (χ2v) is 17.5. The van der Waals surface area contributed by atoms with Crippen molar-refractivity contribution >= 4 is 21.9 Å². The van der Waals surface area contributed by atoms with Gasteiger partial charge in [-0.15, -0.1) is 34.9 Å². The van der Waals surface area contributed by atoms with E-state index in [1.54, 1.807) is 6.07 Å². The first-order chi connectivity index (χ1) is 24.4. The van der Waals surface area contributed by atoms with Crippen molar-refractivity contribution in [3.05, 3.63) is 126 Å². The Morgan fingerprint density at radius 2 is 1.23 bits per heavy atom. The zero-order valence-corrected chi connectivity index (χ0v) is 35.1. The summed E-state index contributed by atoms with van der Waals surface area (Å²) < 4.78 is 2.12. The summed E-state index contributed by atoms with van der Waals surface area (Å²) >= 11 is 0. The predicted molar refractivity (Wildman–Crippen MR) is 219 cm³/mol. The number of pyridine rings is 1. The van der Waals surface area contributed by atoms with Crippen LogP contribution in [0.4, 0.5) is 0 Å². The average molecular weight is 880 g/mol. The molecule has 5 aromatic carbocycles. The van der Waals surface area contributed by atoms with Gasteiger partial charge in [0.1, 0.15) is 11.6 Å². The van der Waals surface area contributed by atoms with Crippen LogP contribution >= 0.6 is 0 Å². The normalized spacial score (nSPS) is 12.4. The van der Waals surface area contributed by atoms with Gasteiger partial charge in [-0.05, 0) is 80.6 Å². The van der Waals surface area contributed by atoms with Gasteiger partial charge >= 0.3 is 0 Å². The third kappa shape index (κ3) is 7.23. The molecule has 1 N–H and O–H groups in total. The van der Waals surface area contributed by atoms with Gasteiger partial charge in [-0.2, -0.15) is 0 Å². The molecule has 7 rings (SSSR count). The Kier molecular flexibility index (Phi) is 9.88. The molecule has 5 heteroatoms. The minimum atomic E-state index is -0.125. The van der Waals surface area contributed by atoms with E-state index >= 15 is 0 Å². The van der Waals surface area contributed by atoms with E-state index in [9.17, 15) is 5.11 Å². The number of fused-ring (bicyclic) bond motifs is 2. The average Bonchev–Trinajstić information content (AvgIpc) is 3.42. The predicted octanol–water partition coefficient (Wildman–Crippen LogP) is 12.5. The fourth-order valence-corrected chi connectivity index (χ4v) is 7.07. The van der Waals surface area contributed by atoms with Crippen molar-refractivity contribution in [3.63, 3.8) is 0 Å². The Morgan fingerprint density at radius 3 is 1.87 bits per heavy atom. The van der Waals surface area contributed by atoms with Gasteiger partial charge in [0.2, 0.25) is 0 Å². The van der Waals surface area contributed by atoms with Crippen LogP contribution in [0.15, 0.2) is 97.2 Å². The van der Waals surface area contributed by atoms with E-state index in [2.05, 4.69) is 160 Å². The molecular formula is C48H50N3OPt-. The van der Waals surface area contributed by atoms with Crippen LogP contribution in [-0.2, 0) is 44.4 Å². The van der Waals surface area contributed by atoms with Gasteiger partial charge in [0.05, 0.1) is 16.6 Å². The summed E-state index contributed by atoms with van der Waals surface area (Å²) in [6.45, 7) is 22.2. The molecule has 7 aromatic rings. The van der Waals surface area contributed by atoms with Gasteiger partial charge in [-0.1, -0.05) is 128 Å². The fourth-order valence-electron chi connectivity index (χ4n) is 7.07. The maximum absolute atomic E-state index is 11.2. The van der Waals surface area contributed by atoms with Crippen molar-refractivity contribution in [1.82, 2.24) is 14.5 Å². The number of benzene rings is 5. The van der Waals surface area contributed by atoms with Crippen LogP contribution in [0.2, 0.25) is 0 Å². The molecule has 0 radical (unpaired) electrons. The van der Waals surface area contributed by atoms with Crippen molar-refractivity contribution in [1.29, 1.82) is 0 Å². The summed E-state index contributed by atoms with van der Waals surface area (Å²) in [6.07, 6.45) is 1.87. The van der Waals surface area contributed by atoms with Gasteiger partial charge in [-0.25, -0.2) is 4.98 Å². The Balaban J connectivity index is 0.00000481. The number of rotatable bonds is 4. The topological polar surface area (TPSA) is 50.9 Å². The molecule has 0 spiro atoms. The molecule has 0 atom stereocenters. The third-order valence-electron chi connectivity index (χ3n) is 10.5. The molecule has 0 aliphatic carbocycles. The second-order valence-electron chi connectivity index (χ2n) is 17.5. The van der Waals surface area contributed by atoms with E-state index in [1.165, 1.54) is 16.7 Å². The van der Waals surface area contributed by atoms with E-state index in [-0.39, 0.29) is 43.1 Å². The Hall–Kier alpha value is -4.53. The molecule has 0 unspecified atom stereocenters.